The Morgan fingerprint density at radius 2 is 1.64 bits per heavy atom. The van der Waals surface area contributed by atoms with Gasteiger partial charge in [0.15, 0.2) is 17.6 Å². The van der Waals surface area contributed by atoms with E-state index in [0.29, 0.717) is 22.1 Å². The fourth-order valence-electron chi connectivity index (χ4n) is 2.88. The van der Waals surface area contributed by atoms with Crippen LogP contribution in [0.4, 0.5) is 0 Å². The summed E-state index contributed by atoms with van der Waals surface area (Å²) in [4.78, 5) is 10.00. The Morgan fingerprint density at radius 1 is 1.20 bits per heavy atom. The molecule has 1 saturated heterocycles. The number of hydrogen-bond acceptors (Lipinski definition) is 4. The van der Waals surface area contributed by atoms with E-state index in [1.54, 1.807) is 0 Å². The van der Waals surface area contributed by atoms with Gasteiger partial charge < -0.3 is 18.6 Å². The van der Waals surface area contributed by atoms with Gasteiger partial charge in [0, 0.05) is 11.8 Å². The Balaban J connectivity index is 0. The minimum Gasteiger partial charge on any atom is -0.477 e. The topological polar surface area (TPSA) is 129 Å². The Hall–Kier alpha value is 0.410. The molecule has 0 saturated carbocycles. The molecule has 0 aliphatic carbocycles. The van der Waals surface area contributed by atoms with Gasteiger partial charge in [-0.05, 0) is 0 Å². The van der Waals surface area contributed by atoms with Gasteiger partial charge in [-0.15, -0.1) is 0 Å². The van der Waals surface area contributed by atoms with Crippen LogP contribution < -0.4 is 29.6 Å². The summed E-state index contributed by atoms with van der Waals surface area (Å²) in [7, 11) is 5.39. The van der Waals surface area contributed by atoms with Crippen molar-refractivity contribution >= 4 is 27.2 Å². The van der Waals surface area contributed by atoms with Crippen LogP contribution in [0.25, 0.3) is 0 Å². The summed E-state index contributed by atoms with van der Waals surface area (Å²) in [5.74, 6) is -1.39. The summed E-state index contributed by atoms with van der Waals surface area (Å²) in [5.41, 5.74) is 0. The van der Waals surface area contributed by atoms with Crippen molar-refractivity contribution in [2.45, 2.75) is 0 Å². The van der Waals surface area contributed by atoms with E-state index in [1.165, 1.54) is 0 Å². The molecule has 0 aromatic heterocycles. The molecule has 0 radical (unpaired) electrons. The van der Waals surface area contributed by atoms with Crippen molar-refractivity contribution in [3.8, 4) is 0 Å². The van der Waals surface area contributed by atoms with Crippen molar-refractivity contribution in [2.75, 3.05) is 66.4 Å². The second-order valence-electron chi connectivity index (χ2n) is 7.90. The average molecular weight is 414 g/mol. The van der Waals surface area contributed by atoms with E-state index in [4.69, 9.17) is 14.2 Å². The van der Waals surface area contributed by atoms with Crippen LogP contribution in [0.2, 0.25) is 0 Å². The summed E-state index contributed by atoms with van der Waals surface area (Å²) in [6.07, 6.45) is 0. The van der Waals surface area contributed by atoms with Crippen LogP contribution >= 0.6 is 0 Å². The summed E-state index contributed by atoms with van der Waals surface area (Å²) < 4.78 is 51.2. The van der Waals surface area contributed by atoms with Crippen molar-refractivity contribution in [1.29, 1.82) is 0 Å². The number of likely N-dealkylation sites (N-methyl/N-ethyl adjacent to an activating group) is 1. The zero-order valence-corrected chi connectivity index (χ0v) is 19.5. The molecular formula is C13H30N2NaO7S2+3. The molecule has 9 nitrogen and oxygen atoms in total. The number of quaternary nitrogens is 2. The monoisotopic (exact) mass is 413 g/mol. The summed E-state index contributed by atoms with van der Waals surface area (Å²) in [6.45, 7) is 1.44. The fraction of sp³-hybridized carbons (Fsp3) is 0.923. The standard InChI is InChI=1S/C8H17NO5S2.C5H11NO2.Na/c1-9(2)3-7(5-15(10)11)8(4-9)6-16(12,13)14;1-6(2,3)4-5(7)8;/h7-8H,3-6H2,1-2H3,(H-,10,11,12,13,14);4H2,1-3H3;/q;;+1/p+2. The van der Waals surface area contributed by atoms with Crippen LogP contribution in [0.3, 0.4) is 0 Å². The third-order valence-corrected chi connectivity index (χ3v) is 5.08. The molecule has 1 heterocycles. The molecule has 25 heavy (non-hydrogen) atoms. The number of rotatable bonds is 6. The van der Waals surface area contributed by atoms with Crippen LogP contribution in [-0.2, 0) is 26.0 Å². The van der Waals surface area contributed by atoms with Crippen molar-refractivity contribution in [3.05, 3.63) is 0 Å². The van der Waals surface area contributed by atoms with E-state index in [9.17, 15) is 17.4 Å². The molecular weight excluding hydrogens is 383 g/mol. The minimum absolute atomic E-state index is 0. The van der Waals surface area contributed by atoms with E-state index < -0.39 is 27.2 Å². The molecule has 3 atom stereocenters. The van der Waals surface area contributed by atoms with Gasteiger partial charge in [0.1, 0.15) is 0 Å². The molecule has 1 fully saturated rings. The van der Waals surface area contributed by atoms with Gasteiger partial charge in [0.05, 0.1) is 59.8 Å². The SMILES string of the molecule is C[N+](C)(C)CC(=O)O.C[N+]1(C)CC(CS(=O)O)C(CS(=O)(=O)O)C1.[Na+]. The maximum Gasteiger partial charge on any atom is 1.00 e. The molecule has 3 unspecified atom stereocenters. The van der Waals surface area contributed by atoms with Crippen LogP contribution in [0, 0.1) is 11.8 Å². The Kier molecular flexibility index (Phi) is 11.8. The Morgan fingerprint density at radius 3 is 1.92 bits per heavy atom. The summed E-state index contributed by atoms with van der Waals surface area (Å²) in [5, 5.41) is 8.23. The van der Waals surface area contributed by atoms with Gasteiger partial charge in [0.25, 0.3) is 10.1 Å². The molecule has 0 spiro atoms. The van der Waals surface area contributed by atoms with E-state index in [0.717, 1.165) is 0 Å². The molecule has 3 N–H and O–H groups in total. The first-order chi connectivity index (χ1) is 10.5. The van der Waals surface area contributed by atoms with Gasteiger partial charge in [-0.2, -0.15) is 8.42 Å². The first-order valence-electron chi connectivity index (χ1n) is 7.37. The van der Waals surface area contributed by atoms with Crippen molar-refractivity contribution in [3.63, 3.8) is 0 Å². The van der Waals surface area contributed by atoms with E-state index in [2.05, 4.69) is 0 Å². The van der Waals surface area contributed by atoms with Crippen LogP contribution in [0.15, 0.2) is 0 Å². The molecule has 0 aromatic carbocycles. The second-order valence-corrected chi connectivity index (χ2v) is 10.4. The second kappa shape index (κ2) is 10.7. The Bertz CT molecular complexity index is 561. The van der Waals surface area contributed by atoms with Crippen LogP contribution in [0.5, 0.6) is 0 Å². The van der Waals surface area contributed by atoms with Gasteiger partial charge in [-0.3, -0.25) is 4.55 Å². The number of likely N-dealkylation sites (tertiary alicyclic amines) is 1. The predicted octanol–water partition coefficient (Wildman–Crippen LogP) is -3.80. The van der Waals surface area contributed by atoms with E-state index >= 15 is 0 Å². The molecule has 144 valence electrons. The number of hydrogen-bond donors (Lipinski definition) is 3. The maximum atomic E-state index is 10.8. The molecule has 1 aliphatic rings. The summed E-state index contributed by atoms with van der Waals surface area (Å²) in [6, 6.07) is 0. The molecule has 0 bridgehead atoms. The van der Waals surface area contributed by atoms with Crippen molar-refractivity contribution in [2.24, 2.45) is 11.8 Å². The van der Waals surface area contributed by atoms with Gasteiger partial charge >= 0.3 is 35.5 Å². The normalized spacial score (nSPS) is 23.8. The summed E-state index contributed by atoms with van der Waals surface area (Å²) >= 11 is -1.92. The predicted molar refractivity (Wildman–Crippen MR) is 91.4 cm³/mol. The largest absolute Gasteiger partial charge is 1.00 e. The van der Waals surface area contributed by atoms with E-state index in [-0.39, 0.29) is 59.4 Å². The average Bonchev–Trinajstić information content (AvgIpc) is 2.45. The first kappa shape index (κ1) is 27.6. The molecule has 1 aliphatic heterocycles. The minimum atomic E-state index is -4.02. The number of nitrogens with zero attached hydrogens (tertiary/aromatic N) is 2. The van der Waals surface area contributed by atoms with Crippen molar-refractivity contribution < 1.29 is 70.2 Å². The van der Waals surface area contributed by atoms with Gasteiger partial charge in [-0.1, -0.05) is 0 Å². The van der Waals surface area contributed by atoms with Crippen molar-refractivity contribution in [1.82, 2.24) is 0 Å². The smallest absolute Gasteiger partial charge is 0.477 e. The quantitative estimate of drug-likeness (QED) is 0.176. The zero-order chi connectivity index (χ0) is 19.3. The third-order valence-electron chi connectivity index (χ3n) is 3.52. The molecule has 12 heteroatoms. The number of carboxylic acid groups (broad SMARTS) is 1. The van der Waals surface area contributed by atoms with E-state index in [1.807, 2.05) is 35.2 Å². The van der Waals surface area contributed by atoms with Crippen LogP contribution in [0.1, 0.15) is 0 Å². The number of aliphatic carboxylic acids is 1. The maximum absolute atomic E-state index is 10.8. The van der Waals surface area contributed by atoms with Crippen LogP contribution in [-0.4, -0.2) is 108 Å². The molecule has 0 amide bonds. The zero-order valence-electron chi connectivity index (χ0n) is 15.9. The number of carbonyl (C=O) groups is 1. The molecule has 0 aromatic rings. The van der Waals surface area contributed by atoms with Gasteiger partial charge in [0.2, 0.25) is 0 Å². The fourth-order valence-corrected chi connectivity index (χ4v) is 4.54. The first-order valence-corrected chi connectivity index (χ1v) is 10.3. The Labute approximate surface area is 174 Å². The third kappa shape index (κ3) is 15.2. The molecule has 1 rings (SSSR count). The van der Waals surface area contributed by atoms with Gasteiger partial charge in [-0.25, -0.2) is 9.00 Å². The number of carboxylic acids is 1.